The molecule has 2 aromatic carbocycles. The second-order valence-electron chi connectivity index (χ2n) is 4.88. The largest absolute Gasteiger partial charge is 0.393 e. The summed E-state index contributed by atoms with van der Waals surface area (Å²) in [6, 6.07) is 11.0. The molecule has 0 saturated heterocycles. The molecule has 0 aromatic heterocycles. The summed E-state index contributed by atoms with van der Waals surface area (Å²) in [5.74, 6) is 0. The Kier molecular flexibility index (Phi) is 3.61. The van der Waals surface area contributed by atoms with Gasteiger partial charge in [0.1, 0.15) is 11.4 Å². The van der Waals surface area contributed by atoms with Crippen molar-refractivity contribution in [3.05, 3.63) is 57.6 Å². The van der Waals surface area contributed by atoms with Crippen LogP contribution in [0.5, 0.6) is 0 Å². The normalized spacial score (nSPS) is 10.3. The molecule has 5 heteroatoms. The molecule has 104 valence electrons. The molecule has 2 aromatic rings. The van der Waals surface area contributed by atoms with E-state index in [1.807, 2.05) is 26.0 Å². The third-order valence-electron chi connectivity index (χ3n) is 3.18. The highest BCUT2D eigenvalue weighted by molar-refractivity contribution is 5.79. The van der Waals surface area contributed by atoms with E-state index in [9.17, 15) is 10.1 Å². The zero-order valence-electron chi connectivity index (χ0n) is 11.8. The Balaban J connectivity index is 2.56. The van der Waals surface area contributed by atoms with Crippen LogP contribution in [0.4, 0.5) is 22.7 Å². The average Bonchev–Trinajstić information content (AvgIpc) is 2.35. The number of benzene rings is 2. The Labute approximate surface area is 117 Å². The number of nitrogen functional groups attached to an aromatic ring is 1. The van der Waals surface area contributed by atoms with Gasteiger partial charge in [0.05, 0.1) is 4.92 Å². The van der Waals surface area contributed by atoms with Crippen molar-refractivity contribution in [1.29, 1.82) is 0 Å². The first-order chi connectivity index (χ1) is 9.40. The van der Waals surface area contributed by atoms with E-state index < -0.39 is 4.92 Å². The van der Waals surface area contributed by atoms with Crippen molar-refractivity contribution in [2.75, 3.05) is 17.7 Å². The second kappa shape index (κ2) is 5.21. The van der Waals surface area contributed by atoms with Crippen molar-refractivity contribution in [3.63, 3.8) is 0 Å². The van der Waals surface area contributed by atoms with Crippen molar-refractivity contribution in [2.45, 2.75) is 13.8 Å². The minimum atomic E-state index is -0.441. The van der Waals surface area contributed by atoms with Crippen molar-refractivity contribution in [1.82, 2.24) is 0 Å². The summed E-state index contributed by atoms with van der Waals surface area (Å²) in [5.41, 5.74) is 9.44. The minimum Gasteiger partial charge on any atom is -0.393 e. The fourth-order valence-electron chi connectivity index (χ4n) is 2.30. The molecule has 0 heterocycles. The zero-order valence-corrected chi connectivity index (χ0v) is 11.8. The molecule has 0 amide bonds. The van der Waals surface area contributed by atoms with E-state index in [1.165, 1.54) is 6.07 Å². The van der Waals surface area contributed by atoms with Gasteiger partial charge in [-0.1, -0.05) is 12.1 Å². The highest BCUT2D eigenvalue weighted by Crippen LogP contribution is 2.36. The van der Waals surface area contributed by atoms with Crippen LogP contribution < -0.4 is 10.6 Å². The van der Waals surface area contributed by atoms with Gasteiger partial charge in [-0.25, -0.2) is 0 Å². The molecule has 20 heavy (non-hydrogen) atoms. The van der Waals surface area contributed by atoms with Gasteiger partial charge >= 0.3 is 5.69 Å². The van der Waals surface area contributed by atoms with Gasteiger partial charge in [-0.3, -0.25) is 10.1 Å². The number of hydrogen-bond donors (Lipinski definition) is 1. The van der Waals surface area contributed by atoms with Crippen LogP contribution in [0.3, 0.4) is 0 Å². The molecule has 0 aliphatic carbocycles. The summed E-state index contributed by atoms with van der Waals surface area (Å²) >= 11 is 0. The zero-order chi connectivity index (χ0) is 14.9. The molecule has 5 nitrogen and oxygen atoms in total. The first-order valence-electron chi connectivity index (χ1n) is 6.25. The van der Waals surface area contributed by atoms with Gasteiger partial charge in [0.15, 0.2) is 0 Å². The molecule has 0 atom stereocenters. The fourth-order valence-corrected chi connectivity index (χ4v) is 2.30. The molecule has 0 aliphatic heterocycles. The lowest BCUT2D eigenvalue weighted by atomic mass is 10.1. The van der Waals surface area contributed by atoms with Gasteiger partial charge in [-0.15, -0.1) is 0 Å². The number of hydrogen-bond acceptors (Lipinski definition) is 4. The summed E-state index contributed by atoms with van der Waals surface area (Å²) in [7, 11) is 1.80. The molecule has 0 fully saturated rings. The van der Waals surface area contributed by atoms with E-state index in [0.717, 1.165) is 16.8 Å². The van der Waals surface area contributed by atoms with Crippen molar-refractivity contribution in [3.8, 4) is 0 Å². The van der Waals surface area contributed by atoms with E-state index in [2.05, 4.69) is 6.07 Å². The van der Waals surface area contributed by atoms with Gasteiger partial charge in [-0.2, -0.15) is 0 Å². The number of nitrogens with zero attached hydrogens (tertiary/aromatic N) is 2. The molecule has 2 N–H and O–H groups in total. The maximum absolute atomic E-state index is 11.2. The van der Waals surface area contributed by atoms with Crippen LogP contribution in [0.2, 0.25) is 0 Å². The first-order valence-corrected chi connectivity index (χ1v) is 6.25. The summed E-state index contributed by atoms with van der Waals surface area (Å²) in [6.45, 7) is 4.00. The number of aryl methyl sites for hydroxylation is 2. The van der Waals surface area contributed by atoms with E-state index in [1.54, 1.807) is 24.1 Å². The molecule has 0 spiro atoms. The van der Waals surface area contributed by atoms with Crippen LogP contribution in [-0.2, 0) is 0 Å². The molecule has 0 radical (unpaired) electrons. The van der Waals surface area contributed by atoms with Gasteiger partial charge in [-0.05, 0) is 49.2 Å². The van der Waals surface area contributed by atoms with E-state index in [4.69, 9.17) is 5.73 Å². The Bertz CT molecular complexity index is 648. The van der Waals surface area contributed by atoms with Gasteiger partial charge in [0, 0.05) is 12.7 Å². The Morgan fingerprint density at radius 3 is 2.30 bits per heavy atom. The quantitative estimate of drug-likeness (QED) is 0.526. The van der Waals surface area contributed by atoms with Crippen LogP contribution in [0, 0.1) is 24.0 Å². The Morgan fingerprint density at radius 2 is 1.75 bits per heavy atom. The van der Waals surface area contributed by atoms with Crippen LogP contribution in [-0.4, -0.2) is 12.0 Å². The van der Waals surface area contributed by atoms with Crippen LogP contribution in [0.1, 0.15) is 11.1 Å². The fraction of sp³-hybridized carbons (Fsp3) is 0.200. The predicted molar refractivity (Wildman–Crippen MR) is 81.5 cm³/mol. The molecular formula is C15H17N3O2. The molecular weight excluding hydrogens is 254 g/mol. The number of nitro groups is 1. The summed E-state index contributed by atoms with van der Waals surface area (Å²) in [4.78, 5) is 12.6. The number of rotatable bonds is 3. The Morgan fingerprint density at radius 1 is 1.15 bits per heavy atom. The lowest BCUT2D eigenvalue weighted by molar-refractivity contribution is -0.383. The molecule has 0 saturated carbocycles. The SMILES string of the molecule is Cc1cc(C)cc(N(C)c2cccc(N)c2[N+](=O)[O-])c1. The maximum Gasteiger partial charge on any atom is 0.315 e. The maximum atomic E-state index is 11.2. The highest BCUT2D eigenvalue weighted by Gasteiger charge is 2.21. The predicted octanol–water partition coefficient (Wildman–Crippen LogP) is 3.56. The topological polar surface area (TPSA) is 72.4 Å². The van der Waals surface area contributed by atoms with Gasteiger partial charge in [0.25, 0.3) is 0 Å². The highest BCUT2D eigenvalue weighted by atomic mass is 16.6. The summed E-state index contributed by atoms with van der Waals surface area (Å²) in [6.07, 6.45) is 0. The van der Waals surface area contributed by atoms with E-state index in [-0.39, 0.29) is 11.4 Å². The number of para-hydroxylation sites is 1. The first kappa shape index (κ1) is 13.9. The lowest BCUT2D eigenvalue weighted by Crippen LogP contribution is -2.13. The number of anilines is 3. The van der Waals surface area contributed by atoms with Crippen molar-refractivity contribution >= 4 is 22.7 Å². The van der Waals surface area contributed by atoms with Crippen LogP contribution in [0.15, 0.2) is 36.4 Å². The van der Waals surface area contributed by atoms with Gasteiger partial charge in [0.2, 0.25) is 0 Å². The average molecular weight is 271 g/mol. The van der Waals surface area contributed by atoms with Gasteiger partial charge < -0.3 is 10.6 Å². The molecule has 2 rings (SSSR count). The van der Waals surface area contributed by atoms with E-state index in [0.29, 0.717) is 5.69 Å². The number of nitro benzene ring substituents is 1. The lowest BCUT2D eigenvalue weighted by Gasteiger charge is -2.21. The Hall–Kier alpha value is -2.56. The molecule has 0 bridgehead atoms. The minimum absolute atomic E-state index is 0.0610. The molecule has 0 unspecified atom stereocenters. The standard InChI is InChI=1S/C15H17N3O2/c1-10-7-11(2)9-12(8-10)17(3)14-6-4-5-13(16)15(14)18(19)20/h4-9H,16H2,1-3H3. The summed E-state index contributed by atoms with van der Waals surface area (Å²) < 4.78 is 0. The summed E-state index contributed by atoms with van der Waals surface area (Å²) in [5, 5.41) is 11.2. The van der Waals surface area contributed by atoms with Crippen LogP contribution >= 0.6 is 0 Å². The van der Waals surface area contributed by atoms with Crippen molar-refractivity contribution < 1.29 is 4.92 Å². The molecule has 0 aliphatic rings. The third-order valence-corrected chi connectivity index (χ3v) is 3.18. The number of nitrogens with two attached hydrogens (primary N) is 1. The van der Waals surface area contributed by atoms with Crippen LogP contribution in [0.25, 0.3) is 0 Å². The third kappa shape index (κ3) is 2.56. The smallest absolute Gasteiger partial charge is 0.315 e. The monoisotopic (exact) mass is 271 g/mol. The van der Waals surface area contributed by atoms with Crippen molar-refractivity contribution in [2.24, 2.45) is 0 Å². The van der Waals surface area contributed by atoms with E-state index >= 15 is 0 Å². The second-order valence-corrected chi connectivity index (χ2v) is 4.88.